The van der Waals surface area contributed by atoms with Crippen LogP contribution in [0.3, 0.4) is 0 Å². The van der Waals surface area contributed by atoms with Gasteiger partial charge in [0.15, 0.2) is 0 Å². The molecule has 0 amide bonds. The lowest BCUT2D eigenvalue weighted by atomic mass is 10.1. The van der Waals surface area contributed by atoms with Gasteiger partial charge in [0.2, 0.25) is 0 Å². The Labute approximate surface area is 122 Å². The number of azo groups is 1. The number of nitrogens with two attached hydrogens (primary N) is 1. The Morgan fingerprint density at radius 1 is 0.895 bits per heavy atom. The van der Waals surface area contributed by atoms with E-state index in [4.69, 9.17) is 28.9 Å². The first-order chi connectivity index (χ1) is 8.97. The molecule has 0 spiro atoms. The molecule has 0 atom stereocenters. The zero-order chi connectivity index (χ0) is 14.0. The molecule has 0 aliphatic carbocycles. The Kier molecular flexibility index (Phi) is 4.08. The van der Waals surface area contributed by atoms with Crippen LogP contribution < -0.4 is 5.73 Å². The minimum absolute atomic E-state index is 0.473. The molecule has 19 heavy (non-hydrogen) atoms. The van der Waals surface area contributed by atoms with E-state index in [9.17, 15) is 0 Å². The van der Waals surface area contributed by atoms with Gasteiger partial charge in [0, 0.05) is 10.7 Å². The average Bonchev–Trinajstić information content (AvgIpc) is 2.34. The zero-order valence-corrected chi connectivity index (χ0v) is 12.1. The molecular formula is C14H13Cl2N3. The monoisotopic (exact) mass is 293 g/mol. The van der Waals surface area contributed by atoms with Crippen molar-refractivity contribution in [3.8, 4) is 0 Å². The van der Waals surface area contributed by atoms with Crippen LogP contribution in [0.5, 0.6) is 0 Å². The van der Waals surface area contributed by atoms with E-state index in [2.05, 4.69) is 10.2 Å². The summed E-state index contributed by atoms with van der Waals surface area (Å²) in [7, 11) is 0. The van der Waals surface area contributed by atoms with Gasteiger partial charge in [-0.2, -0.15) is 5.11 Å². The molecular weight excluding hydrogens is 281 g/mol. The van der Waals surface area contributed by atoms with Crippen LogP contribution in [0.1, 0.15) is 11.1 Å². The van der Waals surface area contributed by atoms with Crippen LogP contribution in [-0.4, -0.2) is 0 Å². The summed E-state index contributed by atoms with van der Waals surface area (Å²) in [5.74, 6) is 0. The summed E-state index contributed by atoms with van der Waals surface area (Å²) in [5.41, 5.74) is 9.88. The Bertz CT molecular complexity index is 651. The fraction of sp³-hybridized carbons (Fsp3) is 0.143. The Balaban J connectivity index is 2.35. The van der Waals surface area contributed by atoms with Crippen molar-refractivity contribution in [2.24, 2.45) is 10.2 Å². The van der Waals surface area contributed by atoms with Crippen molar-refractivity contribution in [3.05, 3.63) is 51.5 Å². The van der Waals surface area contributed by atoms with Crippen molar-refractivity contribution >= 4 is 40.3 Å². The quantitative estimate of drug-likeness (QED) is 0.568. The van der Waals surface area contributed by atoms with Gasteiger partial charge in [0.05, 0.1) is 10.7 Å². The molecule has 0 saturated carbocycles. The van der Waals surface area contributed by atoms with Crippen molar-refractivity contribution in [2.75, 3.05) is 5.73 Å². The van der Waals surface area contributed by atoms with E-state index in [0.717, 1.165) is 22.5 Å². The van der Waals surface area contributed by atoms with Crippen LogP contribution in [0.25, 0.3) is 0 Å². The van der Waals surface area contributed by atoms with Gasteiger partial charge in [-0.1, -0.05) is 23.2 Å². The molecule has 0 heterocycles. The Morgan fingerprint density at radius 2 is 1.58 bits per heavy atom. The fourth-order valence-electron chi connectivity index (χ4n) is 1.60. The zero-order valence-electron chi connectivity index (χ0n) is 10.6. The lowest BCUT2D eigenvalue weighted by Crippen LogP contribution is -1.89. The van der Waals surface area contributed by atoms with Crippen molar-refractivity contribution < 1.29 is 0 Å². The van der Waals surface area contributed by atoms with E-state index < -0.39 is 0 Å². The molecule has 98 valence electrons. The number of benzene rings is 2. The van der Waals surface area contributed by atoms with Crippen molar-refractivity contribution in [1.82, 2.24) is 0 Å². The van der Waals surface area contributed by atoms with Crippen molar-refractivity contribution in [2.45, 2.75) is 13.8 Å². The molecule has 0 unspecified atom stereocenters. The second-order valence-electron chi connectivity index (χ2n) is 4.29. The van der Waals surface area contributed by atoms with Gasteiger partial charge in [0.25, 0.3) is 0 Å². The fourth-order valence-corrected chi connectivity index (χ4v) is 2.05. The minimum atomic E-state index is 0.473. The summed E-state index contributed by atoms with van der Waals surface area (Å²) >= 11 is 11.9. The van der Waals surface area contributed by atoms with Crippen molar-refractivity contribution in [1.29, 1.82) is 0 Å². The lowest BCUT2D eigenvalue weighted by Gasteiger charge is -2.04. The maximum absolute atomic E-state index is 6.03. The summed E-state index contributed by atoms with van der Waals surface area (Å²) < 4.78 is 0. The smallest absolute Gasteiger partial charge is 0.104 e. The molecule has 2 aromatic rings. The Hall–Kier alpha value is -1.58. The standard InChI is InChI=1S/C14H13Cl2N3/c1-8-6-14(9(2)5-12(8)17)19-18-13-4-3-10(15)7-11(13)16/h3-7H,17H2,1-2H3. The van der Waals surface area contributed by atoms with Crippen LogP contribution in [-0.2, 0) is 0 Å². The predicted octanol–water partition coefficient (Wildman–Crippen LogP) is 5.61. The number of rotatable bonds is 2. The number of anilines is 1. The largest absolute Gasteiger partial charge is 0.399 e. The number of nitrogen functional groups attached to an aromatic ring is 1. The molecule has 3 nitrogen and oxygen atoms in total. The molecule has 0 aliphatic rings. The second kappa shape index (κ2) is 5.59. The molecule has 2 rings (SSSR count). The highest BCUT2D eigenvalue weighted by molar-refractivity contribution is 6.36. The minimum Gasteiger partial charge on any atom is -0.399 e. The number of halogens is 2. The third-order valence-electron chi connectivity index (χ3n) is 2.76. The van der Waals surface area contributed by atoms with Crippen LogP contribution in [0.4, 0.5) is 17.1 Å². The molecule has 0 aromatic heterocycles. The molecule has 0 aliphatic heterocycles. The van der Waals surface area contributed by atoms with E-state index in [1.54, 1.807) is 18.2 Å². The first-order valence-electron chi connectivity index (χ1n) is 5.71. The van der Waals surface area contributed by atoms with Gasteiger partial charge in [-0.15, -0.1) is 5.11 Å². The van der Waals surface area contributed by atoms with E-state index in [0.29, 0.717) is 15.7 Å². The number of nitrogens with zero attached hydrogens (tertiary/aromatic N) is 2. The van der Waals surface area contributed by atoms with Crippen LogP contribution >= 0.6 is 23.2 Å². The summed E-state index contributed by atoms with van der Waals surface area (Å²) in [4.78, 5) is 0. The average molecular weight is 294 g/mol. The number of aryl methyl sites for hydroxylation is 2. The number of hydrogen-bond acceptors (Lipinski definition) is 3. The SMILES string of the molecule is Cc1cc(N=Nc2ccc(Cl)cc2Cl)c(C)cc1N. The van der Waals surface area contributed by atoms with Crippen LogP contribution in [0, 0.1) is 13.8 Å². The maximum atomic E-state index is 6.03. The van der Waals surface area contributed by atoms with Gasteiger partial charge in [-0.25, -0.2) is 0 Å². The van der Waals surface area contributed by atoms with Gasteiger partial charge in [-0.3, -0.25) is 0 Å². The predicted molar refractivity (Wildman–Crippen MR) is 81.0 cm³/mol. The summed E-state index contributed by atoms with van der Waals surface area (Å²) in [6.45, 7) is 3.87. The molecule has 2 N–H and O–H groups in total. The van der Waals surface area contributed by atoms with Gasteiger partial charge >= 0.3 is 0 Å². The molecule has 5 heteroatoms. The van der Waals surface area contributed by atoms with Crippen LogP contribution in [0.2, 0.25) is 10.0 Å². The van der Waals surface area contributed by atoms with E-state index >= 15 is 0 Å². The van der Waals surface area contributed by atoms with Crippen LogP contribution in [0.15, 0.2) is 40.6 Å². The third kappa shape index (κ3) is 3.25. The molecule has 0 bridgehead atoms. The molecule has 0 fully saturated rings. The molecule has 0 saturated heterocycles. The van der Waals surface area contributed by atoms with E-state index in [1.165, 1.54) is 0 Å². The van der Waals surface area contributed by atoms with E-state index in [1.807, 2.05) is 26.0 Å². The first-order valence-corrected chi connectivity index (χ1v) is 6.46. The van der Waals surface area contributed by atoms with Crippen molar-refractivity contribution in [3.63, 3.8) is 0 Å². The third-order valence-corrected chi connectivity index (χ3v) is 3.30. The molecule has 0 radical (unpaired) electrons. The summed E-state index contributed by atoms with van der Waals surface area (Å²) in [5, 5.41) is 9.40. The summed E-state index contributed by atoms with van der Waals surface area (Å²) in [6, 6.07) is 8.88. The topological polar surface area (TPSA) is 50.7 Å². The summed E-state index contributed by atoms with van der Waals surface area (Å²) in [6.07, 6.45) is 0. The second-order valence-corrected chi connectivity index (χ2v) is 5.13. The highest BCUT2D eigenvalue weighted by Gasteiger charge is 2.03. The highest BCUT2D eigenvalue weighted by atomic mass is 35.5. The van der Waals surface area contributed by atoms with Gasteiger partial charge in [-0.05, 0) is 55.3 Å². The lowest BCUT2D eigenvalue weighted by molar-refractivity contribution is 1.20. The number of hydrogen-bond donors (Lipinski definition) is 1. The van der Waals surface area contributed by atoms with E-state index in [-0.39, 0.29) is 0 Å². The highest BCUT2D eigenvalue weighted by Crippen LogP contribution is 2.31. The van der Waals surface area contributed by atoms with Gasteiger partial charge < -0.3 is 5.73 Å². The molecule has 2 aromatic carbocycles. The normalized spacial score (nSPS) is 11.2. The van der Waals surface area contributed by atoms with Gasteiger partial charge in [0.1, 0.15) is 5.69 Å². The first kappa shape index (κ1) is 13.8. The maximum Gasteiger partial charge on any atom is 0.104 e. The Morgan fingerprint density at radius 3 is 2.26 bits per heavy atom.